The SMILES string of the molecule is N=N/N=N/N=N/N=N/N=N/N=N/N=N/N=N/N=N/N=N/N=N/N=N/N=N/N=N/N=N/N=N/N=N/N=N/N=N/N=N/N=N/N=N/N=N/N=N/N=N/N=N/N=N/N=N/N=N/N=N/N=N/N=N/N=N/N=N/N=N/N=N/N=N/N=N/N=N/N=N/N=N/N=N/N=N/N=N/N=N/N=N/N=N/N=N/N=N/N=N/N=N/N=N/N=N/N=N/N=N/N=N/N=N/N=N/N=N/N=N/N=N/N=N/N=N/N=N/N=N/N=N/N=N. The van der Waals surface area contributed by atoms with Gasteiger partial charge in [0.1, 0.15) is 0 Å². The first-order valence-corrected chi connectivity index (χ1v) is 26.6. The summed E-state index contributed by atoms with van der Waals surface area (Å²) in [5.74, 6) is 0. The number of rotatable bonds is 66. The number of nitrogens with zero attached hydrogens (tertiary/aromatic N) is 132. The molecule has 0 aliphatic rings. The second-order valence-corrected chi connectivity index (χ2v) is 11.8. The molecule has 2 N–H and O–H groups in total. The first kappa shape index (κ1) is 107. The topological polar surface area (TPSA) is 1680 Å². The van der Waals surface area contributed by atoms with Gasteiger partial charge in [-0.2, -0.15) is 11.1 Å². The third-order valence-corrected chi connectivity index (χ3v) is 5.25. The Morgan fingerprint density at radius 2 is 0.0597 bits per heavy atom. The second kappa shape index (κ2) is 106. The Morgan fingerprint density at radius 1 is 0.0373 bits per heavy atom. The van der Waals surface area contributed by atoms with E-state index in [1.54, 1.807) is 0 Å². The summed E-state index contributed by atoms with van der Waals surface area (Å²) >= 11 is 0. The molecule has 134 heteroatoms. The van der Waals surface area contributed by atoms with Gasteiger partial charge in [-0.1, -0.05) is 0 Å². The smallest absolute Gasteiger partial charge is 0 e. The zero-order chi connectivity index (χ0) is 95.3. The molecule has 0 aromatic carbocycles. The fourth-order valence-corrected chi connectivity index (χ4v) is 2.33. The van der Waals surface area contributed by atoms with Crippen molar-refractivity contribution in [2.24, 2.45) is 689 Å². The van der Waals surface area contributed by atoms with E-state index in [1.165, 1.54) is 0 Å². The summed E-state index contributed by atoms with van der Waals surface area (Å²) in [6.07, 6.45) is 0. The third-order valence-electron chi connectivity index (χ3n) is 5.25. The van der Waals surface area contributed by atoms with Crippen LogP contribution in [-0.4, -0.2) is 0 Å². The van der Waals surface area contributed by atoms with Crippen LogP contribution >= 0.6 is 0 Å². The molecule has 0 unspecified atom stereocenters. The van der Waals surface area contributed by atoms with E-state index in [0.29, 0.717) is 0 Å². The minimum absolute atomic E-state index is 2.50. The summed E-state index contributed by atoms with van der Waals surface area (Å²) in [6, 6.07) is 0. The molecule has 0 saturated carbocycles. The van der Waals surface area contributed by atoms with E-state index in [-0.39, 0.29) is 0 Å². The molecule has 0 saturated heterocycles. The summed E-state index contributed by atoms with van der Waals surface area (Å²) in [4.78, 5) is 0. The second-order valence-electron chi connectivity index (χ2n) is 11.8. The van der Waals surface area contributed by atoms with Gasteiger partial charge < -0.3 is 0 Å². The Labute approximate surface area is 700 Å². The predicted molar refractivity (Wildman–Crippen MR) is 326 cm³/mol. The van der Waals surface area contributed by atoms with Crippen molar-refractivity contribution in [3.63, 3.8) is 0 Å². The van der Waals surface area contributed by atoms with E-state index in [1.807, 2.05) is 0 Å². The standard InChI is InChI=1S/H2N134/c1-3-5-7-9-11-13-15-17-19-21-23-25-27-29-31-33-35-37-39-41-43-45-47-49-51-53-55-57-59-61-63-65-67-69-71-73-75-77-79-81-83-85-87-89-91-93-95-97-99-101-103-105-107-109-111-113-115-117-119-121-123-125-127-129-131-133-134-132-130-128-126-124-122-120-118-116-114-112-110-108-106-104-102-100-98-96-94-92-90-88-86-84-82-80-78-76-74-72-70-68-66-64-62-60-58-56-54-52-50-48-46-44-42-40-38-36-34-32-30-28-26-24-22-20-18-16-14-12-10-8-6-4-2/h1-2H/b3-1?,4-2?,7-5+,8-6+,11-9+,12-10+,15-13+,16-14+,19-17+,20-18+,23-21+,24-22+,27-25+,28-26+,31-29+,32-30+,35-33+,36-34+,39-37+,40-38+,43-41+,44-42+,47-45+,48-46+,51-49+,52-50+,55-53+,56-54+,59-57+,60-58+,63-61+,64-62+,67-65+,68-66+,71-69+,72-70+,75-73+,76-74+,79-77+,80-78+,83-81+,84-82+,87-85+,88-86+,91-89+,92-90+,95-93+,96-94+,99-97+,100-98+,103-101+,104-102+,107-105+,108-106+,111-109+,112-110+,115-113+,116-114+,119-117+,120-118+,123-121+,124-122+,127-125+,128-126+,131-129+,132-130+,134-133+. The highest BCUT2D eigenvalue weighted by molar-refractivity contribution is 4.26. The van der Waals surface area contributed by atoms with E-state index in [2.05, 4.69) is 689 Å². The molecule has 0 heterocycles. The molecular formula is H2N134. The quantitative estimate of drug-likeness (QED) is 0.0424. The summed E-state index contributed by atoms with van der Waals surface area (Å²) in [6.45, 7) is 0. The minimum atomic E-state index is 2.50. The van der Waals surface area contributed by atoms with Gasteiger partial charge in [0.2, 0.25) is 0 Å². The lowest BCUT2D eigenvalue weighted by Crippen LogP contribution is -1.52. The van der Waals surface area contributed by atoms with E-state index in [9.17, 15) is 0 Å². The first-order chi connectivity index (χ1) is 66.9. The van der Waals surface area contributed by atoms with Gasteiger partial charge >= 0.3 is 0 Å². The van der Waals surface area contributed by atoms with Crippen molar-refractivity contribution in [2.45, 2.75) is 0 Å². The van der Waals surface area contributed by atoms with Gasteiger partial charge in [0.05, 0.1) is 0 Å². The van der Waals surface area contributed by atoms with Crippen LogP contribution in [0.3, 0.4) is 0 Å². The Kier molecular flexibility index (Phi) is 85.0. The van der Waals surface area contributed by atoms with Crippen molar-refractivity contribution in [2.75, 3.05) is 0 Å². The van der Waals surface area contributed by atoms with Crippen LogP contribution in [0.5, 0.6) is 0 Å². The summed E-state index contributed by atoms with van der Waals surface area (Å²) in [5, 5.41) is 393. The van der Waals surface area contributed by atoms with Gasteiger partial charge in [0, 0.05) is 606 Å². The highest BCUT2D eigenvalue weighted by Gasteiger charge is 1.83. The molecule has 0 spiro atoms. The average Bonchev–Trinajstić information content (AvgIpc) is 1.13. The molecule has 672 valence electrons. The van der Waals surface area contributed by atoms with Crippen LogP contribution < -0.4 is 0 Å². The van der Waals surface area contributed by atoms with E-state index < -0.39 is 0 Å². The zero-order valence-corrected chi connectivity index (χ0v) is 60.0. The molecule has 0 aliphatic carbocycles. The first-order valence-electron chi connectivity index (χ1n) is 26.6. The lowest BCUT2D eigenvalue weighted by atomic mass is 12.3. The molecule has 0 aromatic rings. The number of hydrogen-bond donors (Lipinski definition) is 2. The number of nitrogens with one attached hydrogen (secondary N) is 2. The van der Waals surface area contributed by atoms with E-state index in [4.69, 9.17) is 11.1 Å². The van der Waals surface area contributed by atoms with Crippen LogP contribution in [0.4, 0.5) is 0 Å². The Morgan fingerprint density at radius 3 is 0.0821 bits per heavy atom. The monoisotopic (exact) mass is 1880 g/mol. The van der Waals surface area contributed by atoms with Gasteiger partial charge in [0.15, 0.2) is 0 Å². The molecule has 0 radical (unpaired) electrons. The van der Waals surface area contributed by atoms with Crippen LogP contribution in [0.2, 0.25) is 0 Å². The van der Waals surface area contributed by atoms with Crippen LogP contribution in [0.15, 0.2) is 689 Å². The Balaban J connectivity index is 4.14. The van der Waals surface area contributed by atoms with Crippen molar-refractivity contribution in [3.8, 4) is 0 Å². The van der Waals surface area contributed by atoms with Crippen LogP contribution in [0, 0.1) is 11.1 Å². The maximum Gasteiger partial charge on any atom is 0 e. The number of hydrogen-bond acceptors (Lipinski definition) is 2. The molecule has 0 aromatic heterocycles. The molecule has 134 nitrogen and oxygen atoms in total. The Bertz CT molecular complexity index is 4620. The van der Waals surface area contributed by atoms with Gasteiger partial charge in [-0.05, 0) is 83.6 Å². The molecule has 0 amide bonds. The molecular weight excluding hydrogens is 1880 g/mol. The van der Waals surface area contributed by atoms with Gasteiger partial charge in [0.25, 0.3) is 0 Å². The molecule has 0 fully saturated rings. The van der Waals surface area contributed by atoms with E-state index >= 15 is 0 Å². The van der Waals surface area contributed by atoms with Crippen molar-refractivity contribution in [3.05, 3.63) is 0 Å². The summed E-state index contributed by atoms with van der Waals surface area (Å²) < 4.78 is 0. The van der Waals surface area contributed by atoms with Crippen molar-refractivity contribution in [1.82, 2.24) is 0 Å². The van der Waals surface area contributed by atoms with Crippen LogP contribution in [0.1, 0.15) is 0 Å². The van der Waals surface area contributed by atoms with Gasteiger partial charge in [-0.15, -0.1) is 0 Å². The summed E-state index contributed by atoms with van der Waals surface area (Å²) in [7, 11) is 0. The van der Waals surface area contributed by atoms with Crippen molar-refractivity contribution < 1.29 is 0 Å². The fourth-order valence-electron chi connectivity index (χ4n) is 2.33. The zero-order valence-electron chi connectivity index (χ0n) is 60.0. The fraction of sp³-hybridized carbons (Fsp3) is 0. The summed E-state index contributed by atoms with van der Waals surface area (Å²) in [5.41, 5.74) is 12.5. The average molecular weight is 1880 g/mol. The lowest BCUT2D eigenvalue weighted by Gasteiger charge is -1.71. The van der Waals surface area contributed by atoms with Crippen LogP contribution in [-0.2, 0) is 0 Å². The molecule has 0 atom stereocenters. The van der Waals surface area contributed by atoms with E-state index in [0.717, 1.165) is 0 Å². The molecule has 0 aliphatic heterocycles. The highest BCUT2D eigenvalue weighted by Crippen LogP contribution is 2.02. The lowest BCUT2D eigenvalue weighted by molar-refractivity contribution is 0.722. The predicted octanol–water partition coefficient (Wildman–Crippen LogP) is 24.8. The van der Waals surface area contributed by atoms with Crippen LogP contribution in [0.25, 0.3) is 0 Å². The maximum absolute atomic E-state index is 6.27. The minimum Gasteiger partial charge on any atom is -0.183 e. The normalized spacial score (nSPS) is 15.7. The molecule has 0 rings (SSSR count). The van der Waals surface area contributed by atoms with Gasteiger partial charge in [-0.3, -0.25) is 0 Å². The van der Waals surface area contributed by atoms with Crippen molar-refractivity contribution >= 4 is 0 Å². The third kappa shape index (κ3) is 105. The highest BCUT2D eigenvalue weighted by atomic mass is 15.8. The van der Waals surface area contributed by atoms with Gasteiger partial charge in [-0.25, -0.2) is 0 Å². The van der Waals surface area contributed by atoms with Crippen molar-refractivity contribution in [1.29, 1.82) is 11.1 Å². The molecule has 134 heavy (non-hydrogen) atoms. The Hall–Kier alpha value is -26.8. The molecule has 0 bridgehead atoms. The largest absolute Gasteiger partial charge is 0.183 e. The maximum atomic E-state index is 6.27.